The molecular formula is C20H31N5O3S. The third-order valence-electron chi connectivity index (χ3n) is 6.60. The largest absolute Gasteiger partial charge is 0.383 e. The van der Waals surface area contributed by atoms with Crippen molar-refractivity contribution in [3.8, 4) is 0 Å². The van der Waals surface area contributed by atoms with Crippen LogP contribution in [0.2, 0.25) is 0 Å². The molecule has 3 saturated heterocycles. The first-order chi connectivity index (χ1) is 14.0. The van der Waals surface area contributed by atoms with Gasteiger partial charge in [-0.2, -0.15) is 0 Å². The number of nitrogens with zero attached hydrogens (tertiary/aromatic N) is 5. The molecule has 0 radical (unpaired) electrons. The maximum atomic E-state index is 13.4. The number of hydrogen-bond acceptors (Lipinski definition) is 7. The highest BCUT2D eigenvalue weighted by Crippen LogP contribution is 2.42. The first-order valence-electron chi connectivity index (χ1n) is 10.5. The fourth-order valence-electron chi connectivity index (χ4n) is 5.36. The lowest BCUT2D eigenvalue weighted by atomic mass is 9.71. The van der Waals surface area contributed by atoms with Crippen LogP contribution in [0.3, 0.4) is 0 Å². The zero-order valence-electron chi connectivity index (χ0n) is 17.5. The third kappa shape index (κ3) is 4.18. The average Bonchev–Trinajstić information content (AvgIpc) is 3.11. The molecule has 9 heteroatoms. The molecule has 0 N–H and O–H groups in total. The van der Waals surface area contributed by atoms with Crippen molar-refractivity contribution in [3.63, 3.8) is 0 Å². The summed E-state index contributed by atoms with van der Waals surface area (Å²) in [6.07, 6.45) is 3.52. The second-order valence-electron chi connectivity index (χ2n) is 8.62. The van der Waals surface area contributed by atoms with Crippen molar-refractivity contribution in [2.45, 2.75) is 51.2 Å². The van der Waals surface area contributed by atoms with Gasteiger partial charge >= 0.3 is 0 Å². The first-order valence-corrected chi connectivity index (χ1v) is 11.4. The quantitative estimate of drug-likeness (QED) is 0.686. The number of hydrogen-bond donors (Lipinski definition) is 0. The Hall–Kier alpha value is -1.58. The Morgan fingerprint density at radius 1 is 1.31 bits per heavy atom. The molecule has 0 spiro atoms. The molecular weight excluding hydrogens is 390 g/mol. The minimum Gasteiger partial charge on any atom is -0.383 e. The van der Waals surface area contributed by atoms with Crippen molar-refractivity contribution in [1.82, 2.24) is 24.9 Å². The van der Waals surface area contributed by atoms with Gasteiger partial charge in [0.1, 0.15) is 16.1 Å². The van der Waals surface area contributed by atoms with Crippen molar-refractivity contribution < 1.29 is 14.3 Å². The Morgan fingerprint density at radius 2 is 2.10 bits per heavy atom. The summed E-state index contributed by atoms with van der Waals surface area (Å²) < 4.78 is 5.15. The molecule has 4 atom stereocenters. The van der Waals surface area contributed by atoms with E-state index in [1.165, 1.54) is 0 Å². The molecule has 3 aliphatic rings. The van der Waals surface area contributed by atoms with Crippen molar-refractivity contribution in [2.24, 2.45) is 11.8 Å². The molecule has 2 amide bonds. The Kier molecular flexibility index (Phi) is 6.17. The van der Waals surface area contributed by atoms with Crippen molar-refractivity contribution in [3.05, 3.63) is 10.0 Å². The Balaban J connectivity index is 1.56. The highest BCUT2D eigenvalue weighted by atomic mass is 32.1. The lowest BCUT2D eigenvalue weighted by Crippen LogP contribution is -2.68. The van der Waals surface area contributed by atoms with Gasteiger partial charge in [0.2, 0.25) is 11.8 Å². The molecule has 4 rings (SSSR count). The van der Waals surface area contributed by atoms with Gasteiger partial charge in [-0.3, -0.25) is 14.5 Å². The molecule has 4 heterocycles. The van der Waals surface area contributed by atoms with E-state index in [0.29, 0.717) is 25.5 Å². The topological polar surface area (TPSA) is 78.9 Å². The van der Waals surface area contributed by atoms with E-state index in [1.807, 2.05) is 18.9 Å². The van der Waals surface area contributed by atoms with Crippen molar-refractivity contribution in [2.75, 3.05) is 40.4 Å². The van der Waals surface area contributed by atoms with Gasteiger partial charge in [0.15, 0.2) is 0 Å². The van der Waals surface area contributed by atoms with Crippen LogP contribution in [-0.4, -0.2) is 89.2 Å². The summed E-state index contributed by atoms with van der Waals surface area (Å²) in [7, 11) is 3.46. The van der Waals surface area contributed by atoms with Crippen LogP contribution < -0.4 is 0 Å². The third-order valence-corrected chi connectivity index (χ3v) is 7.43. The minimum atomic E-state index is -0.357. The number of fused-ring (bicyclic) bond motifs is 4. The van der Waals surface area contributed by atoms with E-state index in [0.717, 1.165) is 48.9 Å². The SMILES string of the molecule is COCCN(C)C(=O)[C@H]1[C@H]2C[C@H](CN(Cc3nnc(C)s3)C2)[C@@H]2CCCC(=O)N21. The molecule has 0 unspecified atom stereocenters. The van der Waals surface area contributed by atoms with Crippen LogP contribution in [0.15, 0.2) is 0 Å². The molecule has 3 aliphatic heterocycles. The predicted octanol–water partition coefficient (Wildman–Crippen LogP) is 1.15. The summed E-state index contributed by atoms with van der Waals surface area (Å²) in [4.78, 5) is 32.4. The summed E-state index contributed by atoms with van der Waals surface area (Å²) >= 11 is 1.64. The zero-order valence-corrected chi connectivity index (χ0v) is 18.4. The molecule has 0 aliphatic carbocycles. The number of carbonyl (C=O) groups excluding carboxylic acids is 2. The number of aromatic nitrogens is 2. The summed E-state index contributed by atoms with van der Waals surface area (Å²) in [5.41, 5.74) is 0. The first kappa shape index (κ1) is 20.7. The molecule has 8 nitrogen and oxygen atoms in total. The number of carbonyl (C=O) groups is 2. The fourth-order valence-corrected chi connectivity index (χ4v) is 6.11. The van der Waals surface area contributed by atoms with E-state index in [1.54, 1.807) is 23.3 Å². The monoisotopic (exact) mass is 421 g/mol. The summed E-state index contributed by atoms with van der Waals surface area (Å²) in [5, 5.41) is 10.4. The minimum absolute atomic E-state index is 0.0550. The molecule has 0 saturated carbocycles. The van der Waals surface area contributed by atoms with Gasteiger partial charge in [-0.05, 0) is 32.1 Å². The van der Waals surface area contributed by atoms with Crippen LogP contribution in [0.5, 0.6) is 0 Å². The van der Waals surface area contributed by atoms with Crippen LogP contribution >= 0.6 is 11.3 Å². The van der Waals surface area contributed by atoms with Gasteiger partial charge < -0.3 is 14.5 Å². The molecule has 3 fully saturated rings. The van der Waals surface area contributed by atoms with E-state index in [2.05, 4.69) is 15.1 Å². The highest BCUT2D eigenvalue weighted by Gasteiger charge is 2.52. The van der Waals surface area contributed by atoms with Gasteiger partial charge in [-0.15, -0.1) is 21.5 Å². The molecule has 29 heavy (non-hydrogen) atoms. The predicted molar refractivity (Wildman–Crippen MR) is 109 cm³/mol. The van der Waals surface area contributed by atoms with Crippen molar-refractivity contribution >= 4 is 23.2 Å². The maximum Gasteiger partial charge on any atom is 0.245 e. The molecule has 2 bridgehead atoms. The number of likely N-dealkylation sites (tertiary alicyclic amines) is 1. The number of aryl methyl sites for hydroxylation is 1. The second-order valence-corrected chi connectivity index (χ2v) is 9.89. The van der Waals surface area contributed by atoms with E-state index < -0.39 is 0 Å². The lowest BCUT2D eigenvalue weighted by Gasteiger charge is -2.56. The van der Waals surface area contributed by atoms with Gasteiger partial charge in [-0.25, -0.2) is 0 Å². The number of ether oxygens (including phenoxy) is 1. The van der Waals surface area contributed by atoms with E-state index in [4.69, 9.17) is 4.74 Å². The number of piperidine rings is 3. The second kappa shape index (κ2) is 8.65. The lowest BCUT2D eigenvalue weighted by molar-refractivity contribution is -0.165. The van der Waals surface area contributed by atoms with Gasteiger partial charge in [-0.1, -0.05) is 0 Å². The van der Waals surface area contributed by atoms with Crippen LogP contribution in [0.4, 0.5) is 0 Å². The van der Waals surface area contributed by atoms with E-state index in [9.17, 15) is 9.59 Å². The average molecular weight is 422 g/mol. The Labute approximate surface area is 176 Å². The molecule has 1 aromatic heterocycles. The number of methoxy groups -OCH3 is 1. The van der Waals surface area contributed by atoms with Crippen molar-refractivity contribution in [1.29, 1.82) is 0 Å². The fraction of sp³-hybridized carbons (Fsp3) is 0.800. The summed E-state index contributed by atoms with van der Waals surface area (Å²) in [5.74, 6) is 0.806. The van der Waals surface area contributed by atoms with Crippen LogP contribution in [0.1, 0.15) is 35.7 Å². The standard InChI is InChI=1S/C20H31N5O3S/c1-13-21-22-17(29-13)12-24-10-14-9-15(11-24)19(20(27)23(2)7-8-28-3)25-16(14)5-4-6-18(25)26/h14-16,19H,4-12H2,1-3H3/t14-,15+,16+,19-/m1/s1. The maximum absolute atomic E-state index is 13.4. The summed E-state index contributed by atoms with van der Waals surface area (Å²) in [6, 6.07) is -0.180. The van der Waals surface area contributed by atoms with Crippen LogP contribution in [0.25, 0.3) is 0 Å². The van der Waals surface area contributed by atoms with Gasteiger partial charge in [0, 0.05) is 52.2 Å². The highest BCUT2D eigenvalue weighted by molar-refractivity contribution is 7.11. The van der Waals surface area contributed by atoms with Crippen LogP contribution in [0, 0.1) is 18.8 Å². The Bertz CT molecular complexity index is 756. The number of amides is 2. The number of rotatable bonds is 6. The van der Waals surface area contributed by atoms with E-state index >= 15 is 0 Å². The normalized spacial score (nSPS) is 29.6. The molecule has 0 aromatic carbocycles. The molecule has 160 valence electrons. The number of likely N-dealkylation sites (N-methyl/N-ethyl adjacent to an activating group) is 1. The smallest absolute Gasteiger partial charge is 0.245 e. The zero-order chi connectivity index (χ0) is 20.5. The van der Waals surface area contributed by atoms with Gasteiger partial charge in [0.25, 0.3) is 0 Å². The van der Waals surface area contributed by atoms with Crippen LogP contribution in [-0.2, 0) is 20.9 Å². The van der Waals surface area contributed by atoms with E-state index in [-0.39, 0.29) is 29.8 Å². The van der Waals surface area contributed by atoms with Gasteiger partial charge in [0.05, 0.1) is 13.2 Å². The molecule has 1 aromatic rings. The summed E-state index contributed by atoms with van der Waals surface area (Å²) in [6.45, 7) is 5.58. The Morgan fingerprint density at radius 3 is 2.83 bits per heavy atom.